The van der Waals surface area contributed by atoms with Crippen LogP contribution in [0.3, 0.4) is 0 Å². The van der Waals surface area contributed by atoms with E-state index in [1.807, 2.05) is 5.32 Å². The first-order chi connectivity index (χ1) is 10.7. The van der Waals surface area contributed by atoms with Gasteiger partial charge < -0.3 is 19.9 Å². The maximum absolute atomic E-state index is 11.6. The minimum absolute atomic E-state index is 0.234. The average Bonchev–Trinajstić information content (AvgIpc) is 2.41. The molecule has 0 spiro atoms. The van der Waals surface area contributed by atoms with Crippen LogP contribution in [0.25, 0.3) is 0 Å². The van der Waals surface area contributed by atoms with Gasteiger partial charge in [0.15, 0.2) is 6.61 Å². The number of carboxylic acids is 1. The lowest BCUT2D eigenvalue weighted by molar-refractivity contribution is -0.135. The number of benzene rings is 1. The van der Waals surface area contributed by atoms with Gasteiger partial charge >= 0.3 is 12.1 Å². The number of nitrogens with one attached hydrogen (secondary N) is 2. The van der Waals surface area contributed by atoms with Crippen LogP contribution in [-0.4, -0.2) is 41.8 Å². The van der Waals surface area contributed by atoms with Crippen molar-refractivity contribution in [2.45, 2.75) is 26.4 Å². The van der Waals surface area contributed by atoms with Crippen molar-refractivity contribution in [1.29, 1.82) is 0 Å². The molecule has 8 nitrogen and oxygen atoms in total. The Morgan fingerprint density at radius 1 is 1.22 bits per heavy atom. The predicted octanol–water partition coefficient (Wildman–Crippen LogP) is 1.61. The zero-order valence-electron chi connectivity index (χ0n) is 13.2. The van der Waals surface area contributed by atoms with Crippen LogP contribution >= 0.6 is 0 Å². The summed E-state index contributed by atoms with van der Waals surface area (Å²) in [5.74, 6) is -1.28. The van der Waals surface area contributed by atoms with E-state index in [1.165, 1.54) is 0 Å². The molecule has 0 saturated heterocycles. The Bertz CT molecular complexity index is 580. The number of carbonyl (C=O) groups excluding carboxylic acids is 2. The van der Waals surface area contributed by atoms with Crippen molar-refractivity contribution in [2.75, 3.05) is 18.5 Å². The number of imide groups is 1. The van der Waals surface area contributed by atoms with E-state index in [-0.39, 0.29) is 13.2 Å². The van der Waals surface area contributed by atoms with Crippen molar-refractivity contribution in [1.82, 2.24) is 5.32 Å². The largest absolute Gasteiger partial charge is 0.484 e. The Hall–Kier alpha value is -2.77. The quantitative estimate of drug-likeness (QED) is 0.728. The summed E-state index contributed by atoms with van der Waals surface area (Å²) in [6, 6.07) is 6.46. The van der Waals surface area contributed by atoms with E-state index in [0.29, 0.717) is 11.4 Å². The SMILES string of the molecule is CC(C)(C)OC(=O)NC(=O)COc1cccc(NCC(=O)O)c1. The molecule has 1 aromatic rings. The van der Waals surface area contributed by atoms with Crippen molar-refractivity contribution < 1.29 is 29.0 Å². The van der Waals surface area contributed by atoms with Gasteiger partial charge in [-0.1, -0.05) is 6.07 Å². The zero-order chi connectivity index (χ0) is 17.5. The Balaban J connectivity index is 2.45. The molecule has 0 bridgehead atoms. The van der Waals surface area contributed by atoms with E-state index in [9.17, 15) is 14.4 Å². The molecule has 23 heavy (non-hydrogen) atoms. The van der Waals surface area contributed by atoms with E-state index >= 15 is 0 Å². The van der Waals surface area contributed by atoms with Crippen molar-refractivity contribution in [3.05, 3.63) is 24.3 Å². The fraction of sp³-hybridized carbons (Fsp3) is 0.400. The topological polar surface area (TPSA) is 114 Å². The summed E-state index contributed by atoms with van der Waals surface area (Å²) in [4.78, 5) is 33.5. The van der Waals surface area contributed by atoms with Gasteiger partial charge in [-0.3, -0.25) is 14.9 Å². The molecule has 0 unspecified atom stereocenters. The molecule has 0 radical (unpaired) electrons. The Labute approximate surface area is 133 Å². The molecule has 0 heterocycles. The Morgan fingerprint density at radius 2 is 1.91 bits per heavy atom. The minimum atomic E-state index is -0.993. The number of aliphatic carboxylic acids is 1. The van der Waals surface area contributed by atoms with Crippen LogP contribution in [-0.2, 0) is 14.3 Å². The second-order valence-corrected chi connectivity index (χ2v) is 5.61. The highest BCUT2D eigenvalue weighted by Crippen LogP contribution is 2.17. The highest BCUT2D eigenvalue weighted by molar-refractivity contribution is 5.92. The summed E-state index contributed by atoms with van der Waals surface area (Å²) in [5, 5.41) is 13.3. The van der Waals surface area contributed by atoms with Gasteiger partial charge in [0.2, 0.25) is 0 Å². The van der Waals surface area contributed by atoms with Crippen molar-refractivity contribution >= 4 is 23.7 Å². The van der Waals surface area contributed by atoms with Crippen molar-refractivity contribution in [3.63, 3.8) is 0 Å². The third-order valence-electron chi connectivity index (χ3n) is 2.29. The number of anilines is 1. The smallest absolute Gasteiger partial charge is 0.414 e. The summed E-state index contributed by atoms with van der Waals surface area (Å²) >= 11 is 0. The molecule has 126 valence electrons. The van der Waals surface area contributed by atoms with E-state index in [0.717, 1.165) is 0 Å². The first-order valence-electron chi connectivity index (χ1n) is 6.87. The summed E-state index contributed by atoms with van der Waals surface area (Å²) in [7, 11) is 0. The van der Waals surface area contributed by atoms with Gasteiger partial charge in [-0.2, -0.15) is 0 Å². The summed E-state index contributed by atoms with van der Waals surface area (Å²) in [5.41, 5.74) is -0.160. The lowest BCUT2D eigenvalue weighted by Crippen LogP contribution is -2.38. The molecule has 0 aliphatic heterocycles. The maximum Gasteiger partial charge on any atom is 0.414 e. The molecular weight excluding hydrogens is 304 g/mol. The molecule has 0 aliphatic carbocycles. The van der Waals surface area contributed by atoms with E-state index in [4.69, 9.17) is 14.6 Å². The van der Waals surface area contributed by atoms with Gasteiger partial charge in [0.1, 0.15) is 17.9 Å². The summed E-state index contributed by atoms with van der Waals surface area (Å²) < 4.78 is 10.2. The average molecular weight is 324 g/mol. The van der Waals surface area contributed by atoms with E-state index < -0.39 is 23.6 Å². The minimum Gasteiger partial charge on any atom is -0.484 e. The van der Waals surface area contributed by atoms with Crippen molar-refractivity contribution in [3.8, 4) is 5.75 Å². The molecule has 3 N–H and O–H groups in total. The molecule has 1 rings (SSSR count). The highest BCUT2D eigenvalue weighted by Gasteiger charge is 2.18. The number of ether oxygens (including phenoxy) is 2. The standard InChI is InChI=1S/C15H20N2O6/c1-15(2,3)23-14(21)17-12(18)9-22-11-6-4-5-10(7-11)16-8-13(19)20/h4-7,16H,8-9H2,1-3H3,(H,19,20)(H,17,18,21). The van der Waals surface area contributed by atoms with Gasteiger partial charge in [-0.25, -0.2) is 4.79 Å². The Morgan fingerprint density at radius 3 is 2.52 bits per heavy atom. The molecular formula is C15H20N2O6. The molecule has 0 atom stereocenters. The maximum atomic E-state index is 11.6. The van der Waals surface area contributed by atoms with Crippen molar-refractivity contribution in [2.24, 2.45) is 0 Å². The second kappa shape index (κ2) is 8.02. The number of alkyl carbamates (subject to hydrolysis) is 1. The molecule has 0 aromatic heterocycles. The molecule has 0 saturated carbocycles. The van der Waals surface area contributed by atoms with Crippen LogP contribution in [0.5, 0.6) is 5.75 Å². The highest BCUT2D eigenvalue weighted by atomic mass is 16.6. The summed E-state index contributed by atoms with van der Waals surface area (Å²) in [6.07, 6.45) is -0.844. The van der Waals surface area contributed by atoms with Crippen LogP contribution in [0.4, 0.5) is 10.5 Å². The van der Waals surface area contributed by atoms with Crippen LogP contribution in [0.2, 0.25) is 0 Å². The number of amides is 2. The van der Waals surface area contributed by atoms with Gasteiger partial charge in [0.05, 0.1) is 0 Å². The lowest BCUT2D eigenvalue weighted by Gasteiger charge is -2.19. The van der Waals surface area contributed by atoms with Crippen LogP contribution in [0, 0.1) is 0 Å². The third kappa shape index (κ3) is 8.30. The fourth-order valence-electron chi connectivity index (χ4n) is 1.48. The molecule has 2 amide bonds. The molecule has 1 aromatic carbocycles. The van der Waals surface area contributed by atoms with E-state index in [2.05, 4.69) is 5.32 Å². The number of hydrogen-bond acceptors (Lipinski definition) is 6. The van der Waals surface area contributed by atoms with Gasteiger partial charge in [-0.05, 0) is 32.9 Å². The predicted molar refractivity (Wildman–Crippen MR) is 82.4 cm³/mol. The molecule has 0 aliphatic rings. The lowest BCUT2D eigenvalue weighted by atomic mass is 10.2. The van der Waals surface area contributed by atoms with Crippen LogP contribution in [0.15, 0.2) is 24.3 Å². The van der Waals surface area contributed by atoms with Crippen LogP contribution < -0.4 is 15.4 Å². The third-order valence-corrected chi connectivity index (χ3v) is 2.29. The monoisotopic (exact) mass is 324 g/mol. The normalized spacial score (nSPS) is 10.6. The molecule has 8 heteroatoms. The summed E-state index contributed by atoms with van der Waals surface area (Å²) in [6.45, 7) is 4.44. The Kier molecular flexibility index (Phi) is 6.37. The molecule has 0 fully saturated rings. The van der Waals surface area contributed by atoms with Crippen LogP contribution in [0.1, 0.15) is 20.8 Å². The fourth-order valence-corrected chi connectivity index (χ4v) is 1.48. The number of carboxylic acid groups (broad SMARTS) is 1. The number of carbonyl (C=O) groups is 3. The number of hydrogen-bond donors (Lipinski definition) is 3. The zero-order valence-corrected chi connectivity index (χ0v) is 13.2. The van der Waals surface area contributed by atoms with E-state index in [1.54, 1.807) is 45.0 Å². The van der Waals surface area contributed by atoms with Gasteiger partial charge in [-0.15, -0.1) is 0 Å². The van der Waals surface area contributed by atoms with Gasteiger partial charge in [0, 0.05) is 11.8 Å². The first kappa shape index (κ1) is 18.3. The second-order valence-electron chi connectivity index (χ2n) is 5.61. The number of rotatable bonds is 6. The van der Waals surface area contributed by atoms with Gasteiger partial charge in [0.25, 0.3) is 5.91 Å². The first-order valence-corrected chi connectivity index (χ1v) is 6.87.